The van der Waals surface area contributed by atoms with E-state index in [0.29, 0.717) is 6.54 Å². The van der Waals surface area contributed by atoms with Crippen LogP contribution >= 0.6 is 0 Å². The van der Waals surface area contributed by atoms with Crippen LogP contribution in [0.1, 0.15) is 32.4 Å². The predicted molar refractivity (Wildman–Crippen MR) is 75.0 cm³/mol. The van der Waals surface area contributed by atoms with Crippen LogP contribution in [0.25, 0.3) is 0 Å². The maximum absolute atomic E-state index is 5.29. The van der Waals surface area contributed by atoms with E-state index in [9.17, 15) is 0 Å². The van der Waals surface area contributed by atoms with E-state index in [2.05, 4.69) is 20.8 Å². The van der Waals surface area contributed by atoms with E-state index in [0.717, 1.165) is 50.8 Å². The first-order valence-electron chi connectivity index (χ1n) is 6.86. The molecule has 0 fully saturated rings. The number of nitrogens with zero attached hydrogens (tertiary/aromatic N) is 2. The highest BCUT2D eigenvalue weighted by atomic mass is 16.5. The number of unbranched alkanes of at least 4 members (excludes halogenated alkanes) is 1. The van der Waals surface area contributed by atoms with E-state index < -0.39 is 0 Å². The number of guanidine groups is 1. The first-order valence-corrected chi connectivity index (χ1v) is 6.86. The van der Waals surface area contributed by atoms with Crippen molar-refractivity contribution in [2.45, 2.75) is 33.2 Å². The Labute approximate surface area is 114 Å². The molecule has 108 valence electrons. The summed E-state index contributed by atoms with van der Waals surface area (Å²) in [7, 11) is 0. The summed E-state index contributed by atoms with van der Waals surface area (Å²) < 4.78 is 10.1. The molecule has 1 aromatic heterocycles. The molecule has 0 aliphatic rings. The van der Waals surface area contributed by atoms with Crippen LogP contribution in [0.15, 0.2) is 21.8 Å². The molecule has 0 aliphatic heterocycles. The largest absolute Gasteiger partial charge is 0.382 e. The van der Waals surface area contributed by atoms with Gasteiger partial charge in [0.15, 0.2) is 5.96 Å². The van der Waals surface area contributed by atoms with E-state index in [1.807, 2.05) is 19.9 Å². The van der Waals surface area contributed by atoms with Crippen LogP contribution in [0.2, 0.25) is 0 Å². The lowest BCUT2D eigenvalue weighted by Crippen LogP contribution is -2.37. The minimum atomic E-state index is 0.519. The molecule has 1 aromatic rings. The Kier molecular flexibility index (Phi) is 8.46. The molecule has 0 radical (unpaired) electrons. The van der Waals surface area contributed by atoms with Gasteiger partial charge in [-0.15, -0.1) is 0 Å². The molecule has 0 amide bonds. The van der Waals surface area contributed by atoms with Gasteiger partial charge in [-0.1, -0.05) is 5.16 Å². The van der Waals surface area contributed by atoms with Gasteiger partial charge < -0.3 is 19.9 Å². The molecule has 0 saturated heterocycles. The molecular formula is C13H24N4O2. The summed E-state index contributed by atoms with van der Waals surface area (Å²) in [4.78, 5) is 4.43. The standard InChI is InChI=1S/C13H24N4O2/c1-3-14-13(15-8-5-6-9-18-4-2)16-11-12-7-10-19-17-12/h7,10H,3-6,8-9,11H2,1-2H3,(H2,14,15,16). The van der Waals surface area contributed by atoms with Crippen molar-refractivity contribution < 1.29 is 9.26 Å². The third kappa shape index (κ3) is 7.46. The highest BCUT2D eigenvalue weighted by molar-refractivity contribution is 5.79. The minimum absolute atomic E-state index is 0.519. The predicted octanol–water partition coefficient (Wildman–Crippen LogP) is 1.55. The van der Waals surface area contributed by atoms with Gasteiger partial charge in [0.2, 0.25) is 0 Å². The molecule has 2 N–H and O–H groups in total. The zero-order chi connectivity index (χ0) is 13.8. The summed E-state index contributed by atoms with van der Waals surface area (Å²) in [5.74, 6) is 0.807. The van der Waals surface area contributed by atoms with Crippen LogP contribution in [0, 0.1) is 0 Å². The molecule has 0 saturated carbocycles. The number of rotatable bonds is 9. The van der Waals surface area contributed by atoms with Gasteiger partial charge in [-0.25, -0.2) is 4.99 Å². The van der Waals surface area contributed by atoms with Crippen molar-refractivity contribution in [3.05, 3.63) is 18.0 Å². The average Bonchev–Trinajstić information content (AvgIpc) is 2.93. The summed E-state index contributed by atoms with van der Waals surface area (Å²) >= 11 is 0. The van der Waals surface area contributed by atoms with Crippen LogP contribution in [0.5, 0.6) is 0 Å². The average molecular weight is 268 g/mol. The second-order valence-electron chi connectivity index (χ2n) is 4.02. The maximum Gasteiger partial charge on any atom is 0.191 e. The van der Waals surface area contributed by atoms with Crippen LogP contribution < -0.4 is 10.6 Å². The number of nitrogens with one attached hydrogen (secondary N) is 2. The summed E-state index contributed by atoms with van der Waals surface area (Å²) in [6.07, 6.45) is 3.68. The fourth-order valence-electron chi connectivity index (χ4n) is 1.50. The zero-order valence-electron chi connectivity index (χ0n) is 11.8. The lowest BCUT2D eigenvalue weighted by Gasteiger charge is -2.10. The molecule has 0 atom stereocenters. The number of aliphatic imine (C=N–C) groups is 1. The van der Waals surface area contributed by atoms with Crippen LogP contribution in [0.4, 0.5) is 0 Å². The van der Waals surface area contributed by atoms with E-state index in [1.54, 1.807) is 6.26 Å². The number of aromatic nitrogens is 1. The van der Waals surface area contributed by atoms with Crippen molar-refractivity contribution in [3.63, 3.8) is 0 Å². The van der Waals surface area contributed by atoms with Gasteiger partial charge in [-0.3, -0.25) is 0 Å². The third-order valence-corrected chi connectivity index (χ3v) is 2.45. The number of ether oxygens (including phenoxy) is 1. The molecule has 6 nitrogen and oxygen atoms in total. The Morgan fingerprint density at radius 2 is 2.26 bits per heavy atom. The van der Waals surface area contributed by atoms with E-state index in [4.69, 9.17) is 9.26 Å². The maximum atomic E-state index is 5.29. The minimum Gasteiger partial charge on any atom is -0.382 e. The Balaban J connectivity index is 2.21. The SMILES string of the molecule is CCNC(=NCc1ccon1)NCCCCOCC. The molecule has 19 heavy (non-hydrogen) atoms. The highest BCUT2D eigenvalue weighted by Crippen LogP contribution is 1.96. The van der Waals surface area contributed by atoms with Gasteiger partial charge in [-0.2, -0.15) is 0 Å². The molecule has 0 bridgehead atoms. The number of hydrogen-bond acceptors (Lipinski definition) is 4. The quantitative estimate of drug-likeness (QED) is 0.404. The van der Waals surface area contributed by atoms with E-state index in [-0.39, 0.29) is 0 Å². The van der Waals surface area contributed by atoms with Crippen molar-refractivity contribution in [3.8, 4) is 0 Å². The fraction of sp³-hybridized carbons (Fsp3) is 0.692. The summed E-state index contributed by atoms with van der Waals surface area (Å²) in [5, 5.41) is 10.3. The molecule has 0 spiro atoms. The smallest absolute Gasteiger partial charge is 0.191 e. The van der Waals surface area contributed by atoms with E-state index >= 15 is 0 Å². The lowest BCUT2D eigenvalue weighted by molar-refractivity contribution is 0.143. The van der Waals surface area contributed by atoms with Crippen LogP contribution in [-0.2, 0) is 11.3 Å². The highest BCUT2D eigenvalue weighted by Gasteiger charge is 1.98. The second kappa shape index (κ2) is 10.4. The third-order valence-electron chi connectivity index (χ3n) is 2.45. The molecule has 0 aromatic carbocycles. The fourth-order valence-corrected chi connectivity index (χ4v) is 1.50. The first kappa shape index (κ1) is 15.5. The number of hydrogen-bond donors (Lipinski definition) is 2. The molecule has 1 rings (SSSR count). The van der Waals surface area contributed by atoms with E-state index in [1.165, 1.54) is 0 Å². The Hall–Kier alpha value is -1.56. The summed E-state index contributed by atoms with van der Waals surface area (Å²) in [5.41, 5.74) is 0.827. The van der Waals surface area contributed by atoms with Crippen molar-refractivity contribution in [2.24, 2.45) is 4.99 Å². The molecule has 0 aliphatic carbocycles. The van der Waals surface area contributed by atoms with Gasteiger partial charge in [0.1, 0.15) is 12.0 Å². The molecule has 1 heterocycles. The van der Waals surface area contributed by atoms with Crippen LogP contribution in [0.3, 0.4) is 0 Å². The Morgan fingerprint density at radius 1 is 1.37 bits per heavy atom. The lowest BCUT2D eigenvalue weighted by atomic mass is 10.3. The molecular weight excluding hydrogens is 244 g/mol. The second-order valence-corrected chi connectivity index (χ2v) is 4.02. The molecule has 0 unspecified atom stereocenters. The topological polar surface area (TPSA) is 71.7 Å². The van der Waals surface area contributed by atoms with Gasteiger partial charge in [0.05, 0.1) is 6.54 Å². The zero-order valence-corrected chi connectivity index (χ0v) is 11.8. The van der Waals surface area contributed by atoms with Crippen molar-refractivity contribution in [1.82, 2.24) is 15.8 Å². The van der Waals surface area contributed by atoms with Crippen molar-refractivity contribution in [2.75, 3.05) is 26.3 Å². The van der Waals surface area contributed by atoms with Gasteiger partial charge in [-0.05, 0) is 26.7 Å². The molecule has 6 heteroatoms. The van der Waals surface area contributed by atoms with Crippen LogP contribution in [-0.4, -0.2) is 37.4 Å². The monoisotopic (exact) mass is 268 g/mol. The van der Waals surface area contributed by atoms with Crippen molar-refractivity contribution >= 4 is 5.96 Å². The van der Waals surface area contributed by atoms with Gasteiger partial charge in [0, 0.05) is 32.4 Å². The Bertz CT molecular complexity index is 338. The summed E-state index contributed by atoms with van der Waals surface area (Å²) in [6, 6.07) is 1.81. The van der Waals surface area contributed by atoms with Gasteiger partial charge in [0.25, 0.3) is 0 Å². The first-order chi connectivity index (χ1) is 9.36. The summed E-state index contributed by atoms with van der Waals surface area (Å²) in [6.45, 7) is 7.91. The van der Waals surface area contributed by atoms with Crippen molar-refractivity contribution in [1.29, 1.82) is 0 Å². The Morgan fingerprint density at radius 3 is 2.95 bits per heavy atom. The van der Waals surface area contributed by atoms with Gasteiger partial charge >= 0.3 is 0 Å². The normalized spacial score (nSPS) is 11.6.